The Kier molecular flexibility index (Phi) is 16.9. The molecule has 1 amide bonds. The standard InChI is InChI=1S/C21H25NO3.C13H19NO2/c1-2-25-21(24)14-16-22(15-13-18-9-5-3-6-10-18)20(23)17-19-11-7-4-8-12-19;1-2-16-13(15)9-11-14-10-8-12-6-4-3-5-7-12/h3-12H,2,13-17H2,1H3;3-7,14H,2,8-11H2,1H3. The average molecular weight is 561 g/mol. The normalized spacial score (nSPS) is 10.2. The molecule has 1 N–H and O–H groups in total. The van der Waals surface area contributed by atoms with Crippen molar-refractivity contribution in [2.45, 2.75) is 46.0 Å². The third-order valence-electron chi connectivity index (χ3n) is 6.20. The number of nitrogens with zero attached hydrogens (tertiary/aromatic N) is 1. The van der Waals surface area contributed by atoms with E-state index in [1.165, 1.54) is 11.1 Å². The predicted octanol–water partition coefficient (Wildman–Crippen LogP) is 5.03. The van der Waals surface area contributed by atoms with Gasteiger partial charge < -0.3 is 19.7 Å². The van der Waals surface area contributed by atoms with Crippen molar-refractivity contribution in [1.29, 1.82) is 0 Å². The number of esters is 2. The highest BCUT2D eigenvalue weighted by Crippen LogP contribution is 2.07. The molecule has 0 spiro atoms. The van der Waals surface area contributed by atoms with Gasteiger partial charge in [-0.1, -0.05) is 91.0 Å². The third kappa shape index (κ3) is 15.4. The van der Waals surface area contributed by atoms with Crippen molar-refractivity contribution in [1.82, 2.24) is 10.2 Å². The van der Waals surface area contributed by atoms with Gasteiger partial charge in [0.2, 0.25) is 5.91 Å². The van der Waals surface area contributed by atoms with Crippen molar-refractivity contribution in [3.8, 4) is 0 Å². The number of rotatable bonds is 16. The second kappa shape index (κ2) is 20.9. The SMILES string of the molecule is CCOC(=O)CCN(CCc1ccccc1)C(=O)Cc1ccccc1.CCOC(=O)CCNCCc1ccccc1. The largest absolute Gasteiger partial charge is 0.466 e. The smallest absolute Gasteiger partial charge is 0.307 e. The van der Waals surface area contributed by atoms with Crippen LogP contribution in [-0.2, 0) is 43.1 Å². The number of nitrogens with one attached hydrogen (secondary N) is 1. The Morgan fingerprint density at radius 2 is 1.10 bits per heavy atom. The van der Waals surface area contributed by atoms with Crippen LogP contribution in [0.25, 0.3) is 0 Å². The minimum absolute atomic E-state index is 0.0337. The maximum atomic E-state index is 12.7. The molecule has 41 heavy (non-hydrogen) atoms. The van der Waals surface area contributed by atoms with Crippen LogP contribution in [0.4, 0.5) is 0 Å². The van der Waals surface area contributed by atoms with Gasteiger partial charge in [-0.05, 0) is 49.9 Å². The Morgan fingerprint density at radius 3 is 1.63 bits per heavy atom. The van der Waals surface area contributed by atoms with Crippen LogP contribution in [-0.4, -0.2) is 62.1 Å². The highest BCUT2D eigenvalue weighted by atomic mass is 16.5. The molecule has 0 heterocycles. The lowest BCUT2D eigenvalue weighted by molar-refractivity contribution is -0.144. The summed E-state index contributed by atoms with van der Waals surface area (Å²) < 4.78 is 9.80. The summed E-state index contributed by atoms with van der Waals surface area (Å²) in [4.78, 5) is 37.1. The number of ether oxygens (including phenoxy) is 2. The van der Waals surface area contributed by atoms with Gasteiger partial charge in [-0.3, -0.25) is 14.4 Å². The topological polar surface area (TPSA) is 84.9 Å². The van der Waals surface area contributed by atoms with Crippen molar-refractivity contribution >= 4 is 17.8 Å². The molecule has 0 radical (unpaired) electrons. The van der Waals surface area contributed by atoms with Crippen molar-refractivity contribution in [3.63, 3.8) is 0 Å². The van der Waals surface area contributed by atoms with Crippen LogP contribution >= 0.6 is 0 Å². The first-order valence-electron chi connectivity index (χ1n) is 14.4. The van der Waals surface area contributed by atoms with E-state index in [0.717, 1.165) is 24.9 Å². The van der Waals surface area contributed by atoms with Crippen molar-refractivity contribution in [2.24, 2.45) is 0 Å². The Hall–Kier alpha value is -3.97. The molecule has 0 atom stereocenters. The van der Waals surface area contributed by atoms with Gasteiger partial charge in [0.1, 0.15) is 0 Å². The summed E-state index contributed by atoms with van der Waals surface area (Å²) in [5.41, 5.74) is 3.47. The number of hydrogen-bond donors (Lipinski definition) is 1. The summed E-state index contributed by atoms with van der Waals surface area (Å²) in [7, 11) is 0. The third-order valence-corrected chi connectivity index (χ3v) is 6.20. The molecule has 3 aromatic rings. The second-order valence-corrected chi connectivity index (χ2v) is 9.37. The number of amides is 1. The molecule has 3 aromatic carbocycles. The fraction of sp³-hybridized carbons (Fsp3) is 0.382. The van der Waals surface area contributed by atoms with Gasteiger partial charge in [-0.25, -0.2) is 0 Å². The number of carbonyl (C=O) groups excluding carboxylic acids is 3. The van der Waals surface area contributed by atoms with Gasteiger partial charge in [-0.15, -0.1) is 0 Å². The molecular formula is C34H44N2O5. The first-order valence-corrected chi connectivity index (χ1v) is 14.4. The van der Waals surface area contributed by atoms with Gasteiger partial charge in [0.25, 0.3) is 0 Å². The Bertz CT molecular complexity index is 1120. The van der Waals surface area contributed by atoms with E-state index in [-0.39, 0.29) is 24.3 Å². The molecule has 0 unspecified atom stereocenters. The van der Waals surface area contributed by atoms with Crippen LogP contribution in [0.5, 0.6) is 0 Å². The summed E-state index contributed by atoms with van der Waals surface area (Å²) in [6.07, 6.45) is 2.78. The van der Waals surface area contributed by atoms with Gasteiger partial charge >= 0.3 is 11.9 Å². The number of carbonyl (C=O) groups is 3. The summed E-state index contributed by atoms with van der Waals surface area (Å²) in [5, 5.41) is 3.22. The van der Waals surface area contributed by atoms with Crippen molar-refractivity contribution < 1.29 is 23.9 Å². The molecule has 0 aliphatic carbocycles. The van der Waals surface area contributed by atoms with E-state index in [0.29, 0.717) is 45.7 Å². The highest BCUT2D eigenvalue weighted by Gasteiger charge is 2.16. The maximum absolute atomic E-state index is 12.7. The average Bonchev–Trinajstić information content (AvgIpc) is 2.99. The summed E-state index contributed by atoms with van der Waals surface area (Å²) in [6.45, 7) is 6.98. The molecule has 0 saturated heterocycles. The molecule has 0 aliphatic rings. The van der Waals surface area contributed by atoms with Gasteiger partial charge in [0.15, 0.2) is 0 Å². The highest BCUT2D eigenvalue weighted by molar-refractivity contribution is 5.79. The second-order valence-electron chi connectivity index (χ2n) is 9.37. The Morgan fingerprint density at radius 1 is 0.610 bits per heavy atom. The van der Waals surface area contributed by atoms with Crippen LogP contribution in [0.2, 0.25) is 0 Å². The molecular weight excluding hydrogens is 516 g/mol. The van der Waals surface area contributed by atoms with E-state index in [4.69, 9.17) is 9.47 Å². The molecule has 220 valence electrons. The van der Waals surface area contributed by atoms with E-state index in [1.807, 2.05) is 85.8 Å². The van der Waals surface area contributed by atoms with Crippen LogP contribution in [0, 0.1) is 0 Å². The fourth-order valence-electron chi connectivity index (χ4n) is 4.04. The molecule has 0 fully saturated rings. The number of benzene rings is 3. The van der Waals surface area contributed by atoms with E-state index in [1.54, 1.807) is 11.8 Å². The van der Waals surface area contributed by atoms with Crippen LogP contribution in [0.1, 0.15) is 43.4 Å². The maximum Gasteiger partial charge on any atom is 0.307 e. The molecule has 0 bridgehead atoms. The molecule has 7 heteroatoms. The van der Waals surface area contributed by atoms with Crippen LogP contribution < -0.4 is 5.32 Å². The first kappa shape index (κ1) is 33.2. The molecule has 0 aromatic heterocycles. The van der Waals surface area contributed by atoms with E-state index < -0.39 is 0 Å². The quantitative estimate of drug-likeness (QED) is 0.196. The summed E-state index contributed by atoms with van der Waals surface area (Å²) in [5.74, 6) is -0.360. The van der Waals surface area contributed by atoms with Crippen molar-refractivity contribution in [3.05, 3.63) is 108 Å². The van der Waals surface area contributed by atoms with Crippen LogP contribution in [0.15, 0.2) is 91.0 Å². The van der Waals surface area contributed by atoms with Gasteiger partial charge in [-0.2, -0.15) is 0 Å². The number of hydrogen-bond acceptors (Lipinski definition) is 6. The minimum atomic E-state index is -0.264. The fourth-order valence-corrected chi connectivity index (χ4v) is 4.04. The minimum Gasteiger partial charge on any atom is -0.466 e. The summed E-state index contributed by atoms with van der Waals surface area (Å²) in [6, 6.07) is 30.0. The van der Waals surface area contributed by atoms with Gasteiger partial charge in [0.05, 0.1) is 32.5 Å². The summed E-state index contributed by atoms with van der Waals surface area (Å²) >= 11 is 0. The first-order chi connectivity index (χ1) is 20.0. The Labute approximate surface area is 244 Å². The lowest BCUT2D eigenvalue weighted by Gasteiger charge is -2.22. The predicted molar refractivity (Wildman–Crippen MR) is 162 cm³/mol. The lowest BCUT2D eigenvalue weighted by Crippen LogP contribution is -2.36. The molecule has 0 saturated carbocycles. The zero-order chi connectivity index (χ0) is 29.5. The van der Waals surface area contributed by atoms with E-state index >= 15 is 0 Å². The Balaban J connectivity index is 0.000000317. The molecule has 7 nitrogen and oxygen atoms in total. The zero-order valence-corrected chi connectivity index (χ0v) is 24.4. The lowest BCUT2D eigenvalue weighted by atomic mass is 10.1. The van der Waals surface area contributed by atoms with E-state index in [2.05, 4.69) is 17.4 Å². The molecule has 0 aliphatic heterocycles. The van der Waals surface area contributed by atoms with Crippen LogP contribution in [0.3, 0.4) is 0 Å². The van der Waals surface area contributed by atoms with Crippen molar-refractivity contribution in [2.75, 3.05) is 39.4 Å². The monoisotopic (exact) mass is 560 g/mol. The molecule has 3 rings (SSSR count). The van der Waals surface area contributed by atoms with E-state index in [9.17, 15) is 14.4 Å². The zero-order valence-electron chi connectivity index (χ0n) is 24.4. The van der Waals surface area contributed by atoms with Gasteiger partial charge in [0, 0.05) is 19.6 Å².